The van der Waals surface area contributed by atoms with E-state index >= 15 is 0 Å². The zero-order valence-corrected chi connectivity index (χ0v) is 14.1. The van der Waals surface area contributed by atoms with E-state index in [0.717, 1.165) is 42.2 Å². The largest absolute Gasteiger partial charge is 0.376 e. The first kappa shape index (κ1) is 16.4. The quantitative estimate of drug-likeness (QED) is 0.877. The number of urea groups is 1. The maximum atomic E-state index is 11.8. The zero-order chi connectivity index (χ0) is 16.9. The third-order valence-electron chi connectivity index (χ3n) is 4.00. The van der Waals surface area contributed by atoms with Crippen molar-refractivity contribution in [2.24, 2.45) is 0 Å². The van der Waals surface area contributed by atoms with Crippen LogP contribution in [0.15, 0.2) is 24.4 Å². The Balaban J connectivity index is 1.49. The van der Waals surface area contributed by atoms with Crippen molar-refractivity contribution < 1.29 is 9.53 Å². The van der Waals surface area contributed by atoms with Crippen molar-refractivity contribution in [1.29, 1.82) is 0 Å². The number of nitrogens with zero attached hydrogens (tertiary/aromatic N) is 3. The van der Waals surface area contributed by atoms with E-state index in [9.17, 15) is 4.79 Å². The molecule has 7 heteroatoms. The van der Waals surface area contributed by atoms with Crippen molar-refractivity contribution in [3.05, 3.63) is 41.3 Å². The van der Waals surface area contributed by atoms with Gasteiger partial charge in [-0.05, 0) is 44.4 Å². The first-order valence-electron chi connectivity index (χ1n) is 8.23. The molecule has 0 bridgehead atoms. The van der Waals surface area contributed by atoms with E-state index in [0.29, 0.717) is 13.1 Å². The van der Waals surface area contributed by atoms with Gasteiger partial charge < -0.3 is 15.4 Å². The van der Waals surface area contributed by atoms with Gasteiger partial charge in [0.15, 0.2) is 5.82 Å². The van der Waals surface area contributed by atoms with E-state index in [1.807, 2.05) is 32.0 Å². The van der Waals surface area contributed by atoms with Crippen LogP contribution in [-0.4, -0.2) is 40.1 Å². The van der Waals surface area contributed by atoms with E-state index in [1.165, 1.54) is 0 Å². The summed E-state index contributed by atoms with van der Waals surface area (Å²) >= 11 is 0. The van der Waals surface area contributed by atoms with E-state index in [-0.39, 0.29) is 12.1 Å². The molecule has 0 aromatic carbocycles. The van der Waals surface area contributed by atoms with Gasteiger partial charge in [0.1, 0.15) is 0 Å². The summed E-state index contributed by atoms with van der Waals surface area (Å²) in [4.78, 5) is 16.2. The molecule has 1 atom stereocenters. The van der Waals surface area contributed by atoms with E-state index < -0.39 is 0 Å². The van der Waals surface area contributed by atoms with Crippen LogP contribution >= 0.6 is 0 Å². The average Bonchev–Trinajstić information content (AvgIpc) is 3.21. The summed E-state index contributed by atoms with van der Waals surface area (Å²) in [6, 6.07) is 5.67. The molecule has 2 aromatic heterocycles. The molecule has 0 saturated carbocycles. The van der Waals surface area contributed by atoms with Crippen LogP contribution in [0.4, 0.5) is 4.79 Å². The second-order valence-corrected chi connectivity index (χ2v) is 6.06. The Morgan fingerprint density at radius 1 is 1.38 bits per heavy atom. The normalized spacial score (nSPS) is 17.0. The van der Waals surface area contributed by atoms with Gasteiger partial charge in [-0.3, -0.25) is 0 Å². The Kier molecular flexibility index (Phi) is 5.10. The van der Waals surface area contributed by atoms with Crippen molar-refractivity contribution in [2.45, 2.75) is 39.3 Å². The van der Waals surface area contributed by atoms with Crippen LogP contribution in [0.1, 0.15) is 29.8 Å². The zero-order valence-electron chi connectivity index (χ0n) is 14.1. The van der Waals surface area contributed by atoms with Crippen molar-refractivity contribution in [3.8, 4) is 5.82 Å². The van der Waals surface area contributed by atoms with E-state index in [2.05, 4.69) is 20.7 Å². The third kappa shape index (κ3) is 4.11. The molecule has 3 heterocycles. The van der Waals surface area contributed by atoms with E-state index in [1.54, 1.807) is 10.9 Å². The van der Waals surface area contributed by atoms with Gasteiger partial charge in [0.2, 0.25) is 0 Å². The van der Waals surface area contributed by atoms with Crippen LogP contribution in [0.2, 0.25) is 0 Å². The molecule has 0 spiro atoms. The standard InChI is InChI=1S/C17H23N5O2/c1-12-8-13(2)22(21-12)16-6-5-14(9-18-16)10-19-17(23)20-11-15-4-3-7-24-15/h5-6,8-9,15H,3-4,7,10-11H2,1-2H3,(H2,19,20,23). The number of carbonyl (C=O) groups excluding carboxylic acids is 1. The molecule has 1 fully saturated rings. The Hall–Kier alpha value is -2.41. The van der Waals surface area contributed by atoms with Gasteiger partial charge in [0, 0.05) is 31.6 Å². The molecular weight excluding hydrogens is 306 g/mol. The number of aryl methyl sites for hydroxylation is 2. The lowest BCUT2D eigenvalue weighted by molar-refractivity contribution is 0.111. The van der Waals surface area contributed by atoms with Gasteiger partial charge in [0.05, 0.1) is 11.8 Å². The van der Waals surface area contributed by atoms with Gasteiger partial charge in [-0.25, -0.2) is 14.5 Å². The lowest BCUT2D eigenvalue weighted by Gasteiger charge is -2.12. The molecule has 2 amide bonds. The predicted octanol–water partition coefficient (Wildman–Crippen LogP) is 1.86. The number of carbonyl (C=O) groups is 1. The highest BCUT2D eigenvalue weighted by Crippen LogP contribution is 2.11. The maximum Gasteiger partial charge on any atom is 0.315 e. The molecule has 2 N–H and O–H groups in total. The fourth-order valence-electron chi connectivity index (χ4n) is 2.76. The van der Waals surface area contributed by atoms with Crippen LogP contribution in [0.25, 0.3) is 5.82 Å². The summed E-state index contributed by atoms with van der Waals surface area (Å²) < 4.78 is 7.28. The van der Waals surface area contributed by atoms with Crippen molar-refractivity contribution in [1.82, 2.24) is 25.4 Å². The summed E-state index contributed by atoms with van der Waals surface area (Å²) in [5, 5.41) is 10.1. The first-order valence-corrected chi connectivity index (χ1v) is 8.23. The van der Waals surface area contributed by atoms with Crippen molar-refractivity contribution in [2.75, 3.05) is 13.2 Å². The van der Waals surface area contributed by atoms with Crippen LogP contribution < -0.4 is 10.6 Å². The number of hydrogen-bond donors (Lipinski definition) is 2. The topological polar surface area (TPSA) is 81.1 Å². The van der Waals surface area contributed by atoms with Gasteiger partial charge in [0.25, 0.3) is 0 Å². The number of nitrogens with one attached hydrogen (secondary N) is 2. The SMILES string of the molecule is Cc1cc(C)n(-c2ccc(CNC(=O)NCC3CCCO3)cn2)n1. The predicted molar refractivity (Wildman–Crippen MR) is 90.0 cm³/mol. The Morgan fingerprint density at radius 2 is 2.25 bits per heavy atom. The second kappa shape index (κ2) is 7.44. The molecule has 1 aliphatic rings. The first-order chi connectivity index (χ1) is 11.6. The van der Waals surface area contributed by atoms with Crippen LogP contribution in [0.3, 0.4) is 0 Å². The minimum Gasteiger partial charge on any atom is -0.376 e. The Bertz CT molecular complexity index is 690. The highest BCUT2D eigenvalue weighted by Gasteiger charge is 2.15. The third-order valence-corrected chi connectivity index (χ3v) is 4.00. The van der Waals surface area contributed by atoms with Crippen LogP contribution in [-0.2, 0) is 11.3 Å². The second-order valence-electron chi connectivity index (χ2n) is 6.06. The minimum atomic E-state index is -0.187. The molecule has 0 aliphatic carbocycles. The van der Waals surface area contributed by atoms with Gasteiger partial charge in [-0.15, -0.1) is 0 Å². The summed E-state index contributed by atoms with van der Waals surface area (Å²) in [5.74, 6) is 0.771. The number of pyridine rings is 1. The van der Waals surface area contributed by atoms with E-state index in [4.69, 9.17) is 4.74 Å². The fourth-order valence-corrected chi connectivity index (χ4v) is 2.76. The molecule has 3 rings (SSSR count). The number of amides is 2. The van der Waals surface area contributed by atoms with Gasteiger partial charge in [-0.1, -0.05) is 6.07 Å². The van der Waals surface area contributed by atoms with Gasteiger partial charge >= 0.3 is 6.03 Å². The number of hydrogen-bond acceptors (Lipinski definition) is 4. The maximum absolute atomic E-state index is 11.8. The van der Waals surface area contributed by atoms with Gasteiger partial charge in [-0.2, -0.15) is 5.10 Å². The highest BCUT2D eigenvalue weighted by atomic mass is 16.5. The molecule has 7 nitrogen and oxygen atoms in total. The van der Waals surface area contributed by atoms with Crippen molar-refractivity contribution in [3.63, 3.8) is 0 Å². The number of ether oxygens (including phenoxy) is 1. The molecule has 1 saturated heterocycles. The number of rotatable bonds is 5. The lowest BCUT2D eigenvalue weighted by Crippen LogP contribution is -2.39. The minimum absolute atomic E-state index is 0.150. The summed E-state index contributed by atoms with van der Waals surface area (Å²) in [5.41, 5.74) is 2.94. The summed E-state index contributed by atoms with van der Waals surface area (Å²) in [6.45, 7) is 5.73. The molecule has 24 heavy (non-hydrogen) atoms. The highest BCUT2D eigenvalue weighted by molar-refractivity contribution is 5.73. The molecule has 0 radical (unpaired) electrons. The average molecular weight is 329 g/mol. The Labute approximate surface area is 141 Å². The molecule has 2 aromatic rings. The lowest BCUT2D eigenvalue weighted by atomic mass is 10.2. The summed E-state index contributed by atoms with van der Waals surface area (Å²) in [6.07, 6.45) is 3.99. The monoisotopic (exact) mass is 329 g/mol. The smallest absolute Gasteiger partial charge is 0.315 e. The molecule has 1 unspecified atom stereocenters. The van der Waals surface area contributed by atoms with Crippen LogP contribution in [0, 0.1) is 13.8 Å². The summed E-state index contributed by atoms with van der Waals surface area (Å²) in [7, 11) is 0. The molecule has 1 aliphatic heterocycles. The molecular formula is C17H23N5O2. The van der Waals surface area contributed by atoms with Crippen molar-refractivity contribution >= 4 is 6.03 Å². The fraction of sp³-hybridized carbons (Fsp3) is 0.471. The molecule has 128 valence electrons. The van der Waals surface area contributed by atoms with Crippen LogP contribution in [0.5, 0.6) is 0 Å². The number of aromatic nitrogens is 3. The Morgan fingerprint density at radius 3 is 2.88 bits per heavy atom.